The van der Waals surface area contributed by atoms with E-state index in [4.69, 9.17) is 0 Å². The predicted octanol–water partition coefficient (Wildman–Crippen LogP) is 3.01. The summed E-state index contributed by atoms with van der Waals surface area (Å²) in [6.07, 6.45) is 1.76. The number of aromatic nitrogens is 2. The fourth-order valence-electron chi connectivity index (χ4n) is 1.07. The Hall–Kier alpha value is -0.940. The molecule has 0 atom stereocenters. The smallest absolute Gasteiger partial charge is 0.162 e. The van der Waals surface area contributed by atoms with Crippen molar-refractivity contribution in [2.75, 3.05) is 12.4 Å². The standard InChI is InChI=1S/C9H8BrN3S/c1-11-9-7(10)4-12-8(13-9)6-2-3-14-5-6/h2-5H,1H3,(H,11,12,13). The van der Waals surface area contributed by atoms with Gasteiger partial charge in [0.2, 0.25) is 0 Å². The summed E-state index contributed by atoms with van der Waals surface area (Å²) in [7, 11) is 1.84. The highest BCUT2D eigenvalue weighted by Crippen LogP contribution is 2.23. The van der Waals surface area contributed by atoms with Crippen LogP contribution in [0.5, 0.6) is 0 Å². The third-order valence-electron chi connectivity index (χ3n) is 1.76. The van der Waals surface area contributed by atoms with E-state index in [-0.39, 0.29) is 0 Å². The number of nitrogens with one attached hydrogen (secondary N) is 1. The van der Waals surface area contributed by atoms with E-state index in [9.17, 15) is 0 Å². The van der Waals surface area contributed by atoms with Crippen molar-refractivity contribution in [1.29, 1.82) is 0 Å². The van der Waals surface area contributed by atoms with Gasteiger partial charge in [-0.3, -0.25) is 0 Å². The number of hydrogen-bond acceptors (Lipinski definition) is 4. The zero-order chi connectivity index (χ0) is 9.97. The number of hydrogen-bond donors (Lipinski definition) is 1. The van der Waals surface area contributed by atoms with Crippen molar-refractivity contribution in [3.63, 3.8) is 0 Å². The third kappa shape index (κ3) is 1.78. The second-order valence-corrected chi connectivity index (χ2v) is 4.29. The average molecular weight is 270 g/mol. The van der Waals surface area contributed by atoms with Crippen LogP contribution in [-0.4, -0.2) is 17.0 Å². The summed E-state index contributed by atoms with van der Waals surface area (Å²) in [5, 5.41) is 7.05. The second-order valence-electron chi connectivity index (χ2n) is 2.65. The Bertz CT molecular complexity index is 428. The lowest BCUT2D eigenvalue weighted by Gasteiger charge is -2.03. The van der Waals surface area contributed by atoms with Crippen LogP contribution in [0, 0.1) is 0 Å². The Balaban J connectivity index is 2.46. The van der Waals surface area contributed by atoms with Gasteiger partial charge in [-0.05, 0) is 27.4 Å². The van der Waals surface area contributed by atoms with Crippen LogP contribution in [0.4, 0.5) is 5.82 Å². The molecular formula is C9H8BrN3S. The molecule has 0 aliphatic carbocycles. The highest BCUT2D eigenvalue weighted by molar-refractivity contribution is 9.10. The number of nitrogens with zero attached hydrogens (tertiary/aromatic N) is 2. The maximum absolute atomic E-state index is 4.37. The summed E-state index contributed by atoms with van der Waals surface area (Å²) in [6.45, 7) is 0. The first-order valence-electron chi connectivity index (χ1n) is 4.04. The monoisotopic (exact) mass is 269 g/mol. The Morgan fingerprint density at radius 2 is 2.36 bits per heavy atom. The Morgan fingerprint density at radius 1 is 1.50 bits per heavy atom. The molecule has 0 saturated heterocycles. The van der Waals surface area contributed by atoms with Crippen LogP contribution in [0.2, 0.25) is 0 Å². The summed E-state index contributed by atoms with van der Waals surface area (Å²) in [5.41, 5.74) is 1.05. The van der Waals surface area contributed by atoms with Crippen molar-refractivity contribution in [2.24, 2.45) is 0 Å². The van der Waals surface area contributed by atoms with Gasteiger partial charge in [-0.2, -0.15) is 11.3 Å². The maximum atomic E-state index is 4.37. The second kappa shape index (κ2) is 4.06. The lowest BCUT2D eigenvalue weighted by molar-refractivity contribution is 1.15. The molecule has 0 bridgehead atoms. The van der Waals surface area contributed by atoms with Crippen LogP contribution in [0.25, 0.3) is 11.4 Å². The van der Waals surface area contributed by atoms with Gasteiger partial charge in [-0.15, -0.1) is 0 Å². The molecule has 0 aliphatic rings. The van der Waals surface area contributed by atoms with E-state index < -0.39 is 0 Å². The fraction of sp³-hybridized carbons (Fsp3) is 0.111. The van der Waals surface area contributed by atoms with E-state index >= 15 is 0 Å². The van der Waals surface area contributed by atoms with Crippen LogP contribution in [-0.2, 0) is 0 Å². The minimum absolute atomic E-state index is 0.749. The van der Waals surface area contributed by atoms with Crippen molar-refractivity contribution in [3.8, 4) is 11.4 Å². The van der Waals surface area contributed by atoms with Crippen LogP contribution >= 0.6 is 27.3 Å². The number of thiophene rings is 1. The lowest BCUT2D eigenvalue weighted by atomic mass is 10.3. The van der Waals surface area contributed by atoms with Gasteiger partial charge >= 0.3 is 0 Å². The van der Waals surface area contributed by atoms with Gasteiger partial charge in [-0.25, -0.2) is 9.97 Å². The quantitative estimate of drug-likeness (QED) is 0.911. The summed E-state index contributed by atoms with van der Waals surface area (Å²) < 4.78 is 0.874. The SMILES string of the molecule is CNc1nc(-c2ccsc2)ncc1Br. The highest BCUT2D eigenvalue weighted by atomic mass is 79.9. The van der Waals surface area contributed by atoms with Gasteiger partial charge in [-0.1, -0.05) is 0 Å². The van der Waals surface area contributed by atoms with Gasteiger partial charge in [0.05, 0.1) is 4.47 Å². The molecule has 14 heavy (non-hydrogen) atoms. The van der Waals surface area contributed by atoms with Gasteiger partial charge in [0, 0.05) is 24.2 Å². The molecule has 1 N–H and O–H groups in total. The Kier molecular flexibility index (Phi) is 2.79. The molecule has 0 aliphatic heterocycles. The molecule has 3 nitrogen and oxygen atoms in total. The Labute approximate surface area is 94.4 Å². The topological polar surface area (TPSA) is 37.8 Å². The molecule has 0 saturated carbocycles. The lowest BCUT2D eigenvalue weighted by Crippen LogP contribution is -1.96. The van der Waals surface area contributed by atoms with Crippen LogP contribution in [0.1, 0.15) is 0 Å². The molecule has 0 unspecified atom stereocenters. The van der Waals surface area contributed by atoms with E-state index in [1.807, 2.05) is 23.9 Å². The molecule has 2 heterocycles. The largest absolute Gasteiger partial charge is 0.372 e. The summed E-state index contributed by atoms with van der Waals surface area (Å²) in [5.74, 6) is 1.56. The molecule has 0 fully saturated rings. The molecule has 72 valence electrons. The van der Waals surface area contributed by atoms with Crippen molar-refractivity contribution in [1.82, 2.24) is 9.97 Å². The van der Waals surface area contributed by atoms with Crippen molar-refractivity contribution >= 4 is 33.1 Å². The molecular weight excluding hydrogens is 262 g/mol. The zero-order valence-electron chi connectivity index (χ0n) is 7.49. The highest BCUT2D eigenvalue weighted by Gasteiger charge is 2.05. The number of halogens is 1. The molecule has 0 aromatic carbocycles. The van der Waals surface area contributed by atoms with E-state index in [1.165, 1.54) is 0 Å². The molecule has 5 heteroatoms. The van der Waals surface area contributed by atoms with Crippen molar-refractivity contribution in [3.05, 3.63) is 27.5 Å². The molecule has 2 aromatic heterocycles. The summed E-state index contributed by atoms with van der Waals surface area (Å²) in [4.78, 5) is 8.61. The van der Waals surface area contributed by atoms with Crippen LogP contribution in [0.15, 0.2) is 27.5 Å². The fourth-order valence-corrected chi connectivity index (χ4v) is 2.10. The van der Waals surface area contributed by atoms with Gasteiger partial charge in [0.15, 0.2) is 5.82 Å². The van der Waals surface area contributed by atoms with E-state index in [0.29, 0.717) is 0 Å². The van der Waals surface area contributed by atoms with E-state index in [0.717, 1.165) is 21.7 Å². The third-order valence-corrected chi connectivity index (χ3v) is 3.02. The predicted molar refractivity (Wildman–Crippen MR) is 62.6 cm³/mol. The molecule has 0 spiro atoms. The van der Waals surface area contributed by atoms with Crippen LogP contribution < -0.4 is 5.32 Å². The first-order chi connectivity index (χ1) is 6.81. The van der Waals surface area contributed by atoms with Crippen molar-refractivity contribution < 1.29 is 0 Å². The Morgan fingerprint density at radius 3 is 3.00 bits per heavy atom. The normalized spacial score (nSPS) is 10.1. The van der Waals surface area contributed by atoms with E-state index in [1.54, 1.807) is 17.5 Å². The van der Waals surface area contributed by atoms with Gasteiger partial charge in [0.1, 0.15) is 5.82 Å². The van der Waals surface area contributed by atoms with Gasteiger partial charge in [0.25, 0.3) is 0 Å². The summed E-state index contributed by atoms with van der Waals surface area (Å²) >= 11 is 5.01. The zero-order valence-corrected chi connectivity index (χ0v) is 9.89. The molecule has 0 amide bonds. The first-order valence-corrected chi connectivity index (χ1v) is 5.77. The number of rotatable bonds is 2. The van der Waals surface area contributed by atoms with Crippen LogP contribution in [0.3, 0.4) is 0 Å². The minimum Gasteiger partial charge on any atom is -0.372 e. The molecule has 2 aromatic rings. The van der Waals surface area contributed by atoms with Crippen molar-refractivity contribution in [2.45, 2.75) is 0 Å². The molecule has 0 radical (unpaired) electrons. The summed E-state index contributed by atoms with van der Waals surface area (Å²) in [6, 6.07) is 2.01. The first kappa shape index (κ1) is 9.61. The van der Waals surface area contributed by atoms with E-state index in [2.05, 4.69) is 31.2 Å². The molecule has 2 rings (SSSR count). The number of anilines is 1. The maximum Gasteiger partial charge on any atom is 0.162 e. The van der Waals surface area contributed by atoms with Gasteiger partial charge < -0.3 is 5.32 Å². The average Bonchev–Trinajstić information content (AvgIpc) is 2.71. The minimum atomic E-state index is 0.749.